The predicted molar refractivity (Wildman–Crippen MR) is 81.4 cm³/mol. The Labute approximate surface area is 119 Å². The molecule has 2 aromatic rings. The first-order chi connectivity index (χ1) is 9.67. The zero-order valence-electron chi connectivity index (χ0n) is 11.9. The number of hydrogen-bond donors (Lipinski definition) is 1. The van der Waals surface area contributed by atoms with E-state index in [-0.39, 0.29) is 0 Å². The lowest BCUT2D eigenvalue weighted by molar-refractivity contribution is 0.317. The van der Waals surface area contributed by atoms with E-state index >= 15 is 0 Å². The largest absolute Gasteiger partial charge is 0.494 e. The molecule has 0 radical (unpaired) electrons. The van der Waals surface area contributed by atoms with E-state index in [1.807, 2.05) is 35.8 Å². The second-order valence-corrected chi connectivity index (χ2v) is 4.56. The lowest BCUT2D eigenvalue weighted by atomic mass is 10.1. The number of aryl methyl sites for hydroxylation is 1. The van der Waals surface area contributed by atoms with E-state index in [2.05, 4.69) is 17.8 Å². The third-order valence-electron chi connectivity index (χ3n) is 3.05. The summed E-state index contributed by atoms with van der Waals surface area (Å²) in [6, 6.07) is 7.78. The van der Waals surface area contributed by atoms with Crippen molar-refractivity contribution < 1.29 is 4.74 Å². The molecule has 0 amide bonds. The molecule has 2 rings (SSSR count). The van der Waals surface area contributed by atoms with Crippen LogP contribution in [0.25, 0.3) is 11.3 Å². The Morgan fingerprint density at radius 2 is 2.05 bits per heavy atom. The van der Waals surface area contributed by atoms with E-state index < -0.39 is 0 Å². The SMILES string of the molecule is C#CCn1c(C)nc(-c2ccc(OCCC)cc2)c1N. The number of aromatic nitrogens is 2. The first kappa shape index (κ1) is 14.0. The van der Waals surface area contributed by atoms with Gasteiger partial charge in [0.1, 0.15) is 23.1 Å². The molecule has 0 bridgehead atoms. The molecule has 104 valence electrons. The molecule has 0 saturated heterocycles. The molecular formula is C16H19N3O. The Bertz CT molecular complexity index is 620. The fourth-order valence-electron chi connectivity index (χ4n) is 2.01. The summed E-state index contributed by atoms with van der Waals surface area (Å²) in [6.45, 7) is 5.13. The predicted octanol–water partition coefficient (Wildman–Crippen LogP) is 2.86. The number of rotatable bonds is 5. The van der Waals surface area contributed by atoms with Crippen LogP contribution in [0.3, 0.4) is 0 Å². The van der Waals surface area contributed by atoms with Crippen molar-refractivity contribution in [1.29, 1.82) is 0 Å². The van der Waals surface area contributed by atoms with Crippen molar-refractivity contribution in [3.63, 3.8) is 0 Å². The smallest absolute Gasteiger partial charge is 0.132 e. The minimum absolute atomic E-state index is 0.433. The van der Waals surface area contributed by atoms with Crippen LogP contribution >= 0.6 is 0 Å². The van der Waals surface area contributed by atoms with Crippen molar-refractivity contribution >= 4 is 5.82 Å². The quantitative estimate of drug-likeness (QED) is 0.849. The molecule has 0 atom stereocenters. The summed E-state index contributed by atoms with van der Waals surface area (Å²) in [4.78, 5) is 4.49. The van der Waals surface area contributed by atoms with Crippen molar-refractivity contribution in [1.82, 2.24) is 9.55 Å². The molecule has 1 heterocycles. The molecule has 0 unspecified atom stereocenters. The van der Waals surface area contributed by atoms with Crippen LogP contribution in [-0.4, -0.2) is 16.2 Å². The van der Waals surface area contributed by atoms with Gasteiger partial charge in [-0.05, 0) is 37.6 Å². The van der Waals surface area contributed by atoms with Gasteiger partial charge in [0.15, 0.2) is 0 Å². The van der Waals surface area contributed by atoms with Gasteiger partial charge in [-0.15, -0.1) is 6.42 Å². The third kappa shape index (κ3) is 2.77. The standard InChI is InChI=1S/C16H19N3O/c1-4-10-19-12(3)18-15(16(19)17)13-6-8-14(9-7-13)20-11-5-2/h1,6-9H,5,10-11,17H2,2-3H3. The van der Waals surface area contributed by atoms with Gasteiger partial charge in [-0.25, -0.2) is 4.98 Å². The van der Waals surface area contributed by atoms with Gasteiger partial charge in [-0.2, -0.15) is 0 Å². The van der Waals surface area contributed by atoms with Crippen LogP contribution in [0, 0.1) is 19.3 Å². The van der Waals surface area contributed by atoms with E-state index in [4.69, 9.17) is 16.9 Å². The van der Waals surface area contributed by atoms with Crippen molar-refractivity contribution in [2.24, 2.45) is 0 Å². The summed E-state index contributed by atoms with van der Waals surface area (Å²) in [6.07, 6.45) is 6.33. The Balaban J connectivity index is 2.28. The summed E-state index contributed by atoms with van der Waals surface area (Å²) in [5, 5.41) is 0. The molecule has 1 aromatic heterocycles. The fraction of sp³-hybridized carbons (Fsp3) is 0.312. The van der Waals surface area contributed by atoms with Gasteiger partial charge in [-0.1, -0.05) is 12.8 Å². The monoisotopic (exact) mass is 269 g/mol. The van der Waals surface area contributed by atoms with Crippen LogP contribution in [0.4, 0.5) is 5.82 Å². The van der Waals surface area contributed by atoms with Gasteiger partial charge in [0.05, 0.1) is 13.2 Å². The number of benzene rings is 1. The van der Waals surface area contributed by atoms with Crippen molar-refractivity contribution in [2.45, 2.75) is 26.8 Å². The van der Waals surface area contributed by atoms with Gasteiger partial charge in [0.25, 0.3) is 0 Å². The van der Waals surface area contributed by atoms with Crippen molar-refractivity contribution in [2.75, 3.05) is 12.3 Å². The highest BCUT2D eigenvalue weighted by Crippen LogP contribution is 2.27. The minimum atomic E-state index is 0.433. The summed E-state index contributed by atoms with van der Waals surface area (Å²) in [5.41, 5.74) is 7.84. The molecule has 2 N–H and O–H groups in total. The van der Waals surface area contributed by atoms with Crippen LogP contribution in [0.2, 0.25) is 0 Å². The number of anilines is 1. The number of terminal acetylenes is 1. The molecule has 0 fully saturated rings. The highest BCUT2D eigenvalue weighted by Gasteiger charge is 2.12. The molecule has 4 nitrogen and oxygen atoms in total. The molecule has 20 heavy (non-hydrogen) atoms. The van der Waals surface area contributed by atoms with Crippen molar-refractivity contribution in [3.05, 3.63) is 30.1 Å². The Hall–Kier alpha value is -2.41. The number of hydrogen-bond acceptors (Lipinski definition) is 3. The highest BCUT2D eigenvalue weighted by atomic mass is 16.5. The second kappa shape index (κ2) is 6.16. The zero-order chi connectivity index (χ0) is 14.5. The summed E-state index contributed by atoms with van der Waals surface area (Å²) in [7, 11) is 0. The number of ether oxygens (including phenoxy) is 1. The van der Waals surface area contributed by atoms with E-state index in [1.54, 1.807) is 0 Å². The maximum absolute atomic E-state index is 6.11. The average molecular weight is 269 g/mol. The normalized spacial score (nSPS) is 10.2. The summed E-state index contributed by atoms with van der Waals surface area (Å²) in [5.74, 6) is 4.86. The molecule has 4 heteroatoms. The second-order valence-electron chi connectivity index (χ2n) is 4.56. The Morgan fingerprint density at radius 3 is 2.65 bits per heavy atom. The first-order valence-electron chi connectivity index (χ1n) is 6.66. The Morgan fingerprint density at radius 1 is 1.35 bits per heavy atom. The van der Waals surface area contributed by atoms with E-state index in [0.717, 1.165) is 35.9 Å². The van der Waals surface area contributed by atoms with Crippen LogP contribution in [0.5, 0.6) is 5.75 Å². The molecule has 0 spiro atoms. The van der Waals surface area contributed by atoms with Crippen molar-refractivity contribution in [3.8, 4) is 29.4 Å². The van der Waals surface area contributed by atoms with Crippen LogP contribution in [-0.2, 0) is 6.54 Å². The number of nitrogens with zero attached hydrogens (tertiary/aromatic N) is 2. The van der Waals surface area contributed by atoms with E-state index in [1.165, 1.54) is 0 Å². The van der Waals surface area contributed by atoms with Gasteiger partial charge < -0.3 is 15.0 Å². The van der Waals surface area contributed by atoms with Gasteiger partial charge in [-0.3, -0.25) is 0 Å². The third-order valence-corrected chi connectivity index (χ3v) is 3.05. The number of nitrogens with two attached hydrogens (primary N) is 1. The maximum Gasteiger partial charge on any atom is 0.132 e. The number of nitrogen functional groups attached to an aromatic ring is 1. The molecule has 0 saturated carbocycles. The molecule has 0 aliphatic carbocycles. The average Bonchev–Trinajstić information content (AvgIpc) is 2.74. The van der Waals surface area contributed by atoms with E-state index in [9.17, 15) is 0 Å². The van der Waals surface area contributed by atoms with Crippen LogP contribution in [0.1, 0.15) is 19.2 Å². The zero-order valence-corrected chi connectivity index (χ0v) is 11.9. The fourth-order valence-corrected chi connectivity index (χ4v) is 2.01. The molecule has 1 aromatic carbocycles. The first-order valence-corrected chi connectivity index (χ1v) is 6.66. The van der Waals surface area contributed by atoms with Gasteiger partial charge in [0, 0.05) is 5.56 Å². The maximum atomic E-state index is 6.11. The van der Waals surface area contributed by atoms with Crippen LogP contribution < -0.4 is 10.5 Å². The molecular weight excluding hydrogens is 250 g/mol. The highest BCUT2D eigenvalue weighted by molar-refractivity contribution is 5.71. The molecule has 0 aliphatic rings. The lowest BCUT2D eigenvalue weighted by Crippen LogP contribution is -2.03. The lowest BCUT2D eigenvalue weighted by Gasteiger charge is -2.06. The topological polar surface area (TPSA) is 53.1 Å². The minimum Gasteiger partial charge on any atom is -0.494 e. The Kier molecular flexibility index (Phi) is 4.31. The van der Waals surface area contributed by atoms with Crippen LogP contribution in [0.15, 0.2) is 24.3 Å². The van der Waals surface area contributed by atoms with E-state index in [0.29, 0.717) is 12.4 Å². The molecule has 0 aliphatic heterocycles. The summed E-state index contributed by atoms with van der Waals surface area (Å²) < 4.78 is 7.39. The van der Waals surface area contributed by atoms with Gasteiger partial charge >= 0.3 is 0 Å². The summed E-state index contributed by atoms with van der Waals surface area (Å²) >= 11 is 0. The number of imidazole rings is 1. The van der Waals surface area contributed by atoms with Gasteiger partial charge in [0.2, 0.25) is 0 Å².